The number of aromatic nitrogens is 1. The van der Waals surface area contributed by atoms with Crippen molar-refractivity contribution in [2.75, 3.05) is 26.8 Å². The zero-order valence-corrected chi connectivity index (χ0v) is 20.0. The van der Waals surface area contributed by atoms with E-state index in [0.717, 1.165) is 61.0 Å². The Hall–Kier alpha value is -1.62. The first-order chi connectivity index (χ1) is 13.8. The Morgan fingerprint density at radius 2 is 2.00 bits per heavy atom. The summed E-state index contributed by atoms with van der Waals surface area (Å²) in [6.07, 6.45) is 0.945. The van der Waals surface area contributed by atoms with Crippen molar-refractivity contribution in [2.45, 2.75) is 53.1 Å². The number of thiocarbonyl (C=S) groups is 1. The van der Waals surface area contributed by atoms with E-state index in [2.05, 4.69) is 68.8 Å². The summed E-state index contributed by atoms with van der Waals surface area (Å²) in [6.45, 7) is 13.2. The highest BCUT2D eigenvalue weighted by atomic mass is 32.1. The number of nitrogens with one attached hydrogen (secondary N) is 4. The Bertz CT molecular complexity index is 716. The van der Waals surface area contributed by atoms with Crippen molar-refractivity contribution >= 4 is 41.4 Å². The zero-order valence-electron chi connectivity index (χ0n) is 18.3. The summed E-state index contributed by atoms with van der Waals surface area (Å²) in [5, 5.41) is 15.7. The summed E-state index contributed by atoms with van der Waals surface area (Å²) in [5.41, 5.74) is 10.4. The van der Waals surface area contributed by atoms with E-state index in [0.29, 0.717) is 5.11 Å². The first-order valence-corrected chi connectivity index (χ1v) is 10.8. The molecule has 0 aliphatic rings. The van der Waals surface area contributed by atoms with Gasteiger partial charge in [0.15, 0.2) is 5.11 Å². The molecule has 164 valence electrons. The molecule has 4 N–H and O–H groups in total. The van der Waals surface area contributed by atoms with Crippen LogP contribution in [-0.4, -0.2) is 53.4 Å². The highest BCUT2D eigenvalue weighted by molar-refractivity contribution is 7.80. The molecule has 0 aliphatic heterocycles. The number of nitrogens with zero attached hydrogens (tertiary/aromatic N) is 3. The third kappa shape index (κ3) is 8.33. The predicted octanol–water partition coefficient (Wildman–Crippen LogP) is 2.12. The molecule has 1 heterocycles. The zero-order chi connectivity index (χ0) is 21.8. The Kier molecular flexibility index (Phi) is 11.9. The Balaban J connectivity index is 3.20. The fourth-order valence-corrected chi connectivity index (χ4v) is 3.27. The van der Waals surface area contributed by atoms with E-state index in [4.69, 9.17) is 17.0 Å². The number of hydrogen-bond donors (Lipinski definition) is 5. The molecular formula is C19H35N7OS2. The third-order valence-corrected chi connectivity index (χ3v) is 4.79. The van der Waals surface area contributed by atoms with Crippen LogP contribution in [0.5, 0.6) is 0 Å². The molecule has 0 amide bonds. The van der Waals surface area contributed by atoms with E-state index < -0.39 is 0 Å². The fraction of sp³-hybridized carbons (Fsp3) is 0.632. The van der Waals surface area contributed by atoms with Crippen molar-refractivity contribution in [3.05, 3.63) is 23.0 Å². The van der Waals surface area contributed by atoms with Gasteiger partial charge < -0.3 is 14.6 Å². The van der Waals surface area contributed by atoms with Crippen molar-refractivity contribution in [2.24, 2.45) is 10.2 Å². The maximum Gasteiger partial charge on any atom is 0.186 e. The van der Waals surface area contributed by atoms with Crippen molar-refractivity contribution in [1.29, 1.82) is 0 Å². The van der Waals surface area contributed by atoms with Gasteiger partial charge >= 0.3 is 0 Å². The minimum Gasteiger partial charge on any atom is -0.385 e. The fourth-order valence-electron chi connectivity index (χ4n) is 2.84. The highest BCUT2D eigenvalue weighted by Gasteiger charge is 2.17. The van der Waals surface area contributed by atoms with Gasteiger partial charge in [0.1, 0.15) is 11.2 Å². The van der Waals surface area contributed by atoms with Gasteiger partial charge in [-0.15, -0.1) is 12.6 Å². The van der Waals surface area contributed by atoms with Crippen LogP contribution in [0, 0.1) is 13.8 Å². The molecule has 0 fully saturated rings. The van der Waals surface area contributed by atoms with Gasteiger partial charge in [0.05, 0.1) is 5.71 Å². The van der Waals surface area contributed by atoms with Crippen LogP contribution in [0.4, 0.5) is 0 Å². The minimum atomic E-state index is -0.242. The summed E-state index contributed by atoms with van der Waals surface area (Å²) in [4.78, 5) is 0. The SMILES string of the molecule is CCNC(=S)N/N=C(/C(C)=N/NC(S)NCC)c1cc(C)n(CCCOC)c1C. The Labute approximate surface area is 185 Å². The molecule has 29 heavy (non-hydrogen) atoms. The molecule has 1 unspecified atom stereocenters. The van der Waals surface area contributed by atoms with Crippen LogP contribution in [0.1, 0.15) is 44.1 Å². The van der Waals surface area contributed by atoms with Crippen LogP contribution in [-0.2, 0) is 11.3 Å². The second-order valence-corrected chi connectivity index (χ2v) is 7.43. The number of rotatable bonds is 12. The first kappa shape index (κ1) is 25.4. The number of thiol groups is 1. The van der Waals surface area contributed by atoms with Crippen LogP contribution in [0.3, 0.4) is 0 Å². The third-order valence-electron chi connectivity index (χ3n) is 4.26. The average molecular weight is 442 g/mol. The highest BCUT2D eigenvalue weighted by Crippen LogP contribution is 2.17. The van der Waals surface area contributed by atoms with Gasteiger partial charge in [0, 0.05) is 43.8 Å². The number of hydrogen-bond acceptors (Lipinski definition) is 7. The molecule has 0 aliphatic carbocycles. The van der Waals surface area contributed by atoms with Gasteiger partial charge in [0.2, 0.25) is 0 Å². The van der Waals surface area contributed by atoms with Crippen LogP contribution in [0.25, 0.3) is 0 Å². The van der Waals surface area contributed by atoms with Crippen molar-refractivity contribution in [3.63, 3.8) is 0 Å². The standard InChI is InChI=1S/C19H35N7OS2/c1-7-20-18(28)24-22-14(4)17(23-25-19(29)21-8-2)16-12-13(3)26(15(16)5)10-9-11-27-6/h12,18,20,24,28H,7-11H2,1-6H3,(H2,21,25,29)/b22-14+,23-17-. The van der Waals surface area contributed by atoms with E-state index in [1.165, 1.54) is 0 Å². The summed E-state index contributed by atoms with van der Waals surface area (Å²) >= 11 is 9.67. The van der Waals surface area contributed by atoms with Crippen LogP contribution >= 0.6 is 24.8 Å². The van der Waals surface area contributed by atoms with Crippen LogP contribution in [0.15, 0.2) is 16.3 Å². The molecule has 1 rings (SSSR count). The molecule has 0 radical (unpaired) electrons. The number of ether oxygens (including phenoxy) is 1. The largest absolute Gasteiger partial charge is 0.385 e. The lowest BCUT2D eigenvalue weighted by molar-refractivity contribution is 0.190. The van der Waals surface area contributed by atoms with E-state index in [9.17, 15) is 0 Å². The summed E-state index contributed by atoms with van der Waals surface area (Å²) < 4.78 is 7.46. The molecule has 0 saturated heterocycles. The van der Waals surface area contributed by atoms with Gasteiger partial charge in [0.25, 0.3) is 0 Å². The molecule has 0 saturated carbocycles. The van der Waals surface area contributed by atoms with E-state index >= 15 is 0 Å². The molecular weight excluding hydrogens is 406 g/mol. The molecule has 8 nitrogen and oxygen atoms in total. The lowest BCUT2D eigenvalue weighted by Gasteiger charge is -2.14. The molecule has 0 aromatic carbocycles. The van der Waals surface area contributed by atoms with Gasteiger partial charge in [-0.3, -0.25) is 16.2 Å². The second kappa shape index (κ2) is 13.6. The lowest BCUT2D eigenvalue weighted by atomic mass is 10.1. The van der Waals surface area contributed by atoms with Crippen molar-refractivity contribution < 1.29 is 4.74 Å². The Morgan fingerprint density at radius 1 is 1.28 bits per heavy atom. The van der Waals surface area contributed by atoms with E-state index in [-0.39, 0.29) is 5.50 Å². The second-order valence-electron chi connectivity index (χ2n) is 6.50. The summed E-state index contributed by atoms with van der Waals surface area (Å²) in [6, 6.07) is 2.13. The molecule has 1 atom stereocenters. The van der Waals surface area contributed by atoms with Gasteiger partial charge in [-0.1, -0.05) is 6.92 Å². The normalized spacial score (nSPS) is 13.3. The smallest absolute Gasteiger partial charge is 0.186 e. The number of hydrazone groups is 2. The average Bonchev–Trinajstić information content (AvgIpc) is 2.95. The monoisotopic (exact) mass is 441 g/mol. The van der Waals surface area contributed by atoms with Crippen LogP contribution < -0.4 is 21.5 Å². The lowest BCUT2D eigenvalue weighted by Crippen LogP contribution is -2.36. The quantitative estimate of drug-likeness (QED) is 0.0853. The maximum atomic E-state index is 5.26. The Morgan fingerprint density at radius 3 is 2.62 bits per heavy atom. The topological polar surface area (TPSA) is 87.0 Å². The van der Waals surface area contributed by atoms with Gasteiger partial charge in [-0.05, 0) is 58.9 Å². The van der Waals surface area contributed by atoms with Crippen LogP contribution in [0.2, 0.25) is 0 Å². The minimum absolute atomic E-state index is 0.242. The number of aryl methyl sites for hydroxylation is 1. The first-order valence-electron chi connectivity index (χ1n) is 9.84. The predicted molar refractivity (Wildman–Crippen MR) is 129 cm³/mol. The summed E-state index contributed by atoms with van der Waals surface area (Å²) in [5.74, 6) is 0. The van der Waals surface area contributed by atoms with E-state index in [1.54, 1.807) is 7.11 Å². The summed E-state index contributed by atoms with van der Waals surface area (Å²) in [7, 11) is 1.72. The van der Waals surface area contributed by atoms with Gasteiger partial charge in [-0.2, -0.15) is 10.2 Å². The van der Waals surface area contributed by atoms with Gasteiger partial charge in [-0.25, -0.2) is 0 Å². The molecule has 0 bridgehead atoms. The van der Waals surface area contributed by atoms with E-state index in [1.807, 2.05) is 20.8 Å². The number of methoxy groups -OCH3 is 1. The van der Waals surface area contributed by atoms with Crippen molar-refractivity contribution in [3.8, 4) is 0 Å². The maximum absolute atomic E-state index is 5.26. The molecule has 1 aromatic heterocycles. The molecule has 1 aromatic rings. The molecule has 0 spiro atoms. The van der Waals surface area contributed by atoms with Crippen molar-refractivity contribution in [1.82, 2.24) is 26.1 Å². The molecule has 10 heteroatoms.